The van der Waals surface area contributed by atoms with Crippen molar-refractivity contribution in [1.82, 2.24) is 0 Å². The van der Waals surface area contributed by atoms with Crippen LogP contribution in [0.25, 0.3) is 0 Å². The van der Waals surface area contributed by atoms with Gasteiger partial charge in [0.1, 0.15) is 12.2 Å². The van der Waals surface area contributed by atoms with Gasteiger partial charge in [-0.1, -0.05) is 40.2 Å². The van der Waals surface area contributed by atoms with Crippen molar-refractivity contribution in [1.29, 1.82) is 0 Å². The van der Waals surface area contributed by atoms with Crippen LogP contribution in [0.5, 0.6) is 0 Å². The summed E-state index contributed by atoms with van der Waals surface area (Å²) in [7, 11) is 2.53. The quantitative estimate of drug-likeness (QED) is 0.381. The summed E-state index contributed by atoms with van der Waals surface area (Å²) in [6.07, 6.45) is -0.636. The predicted octanol–water partition coefficient (Wildman–Crippen LogP) is 2.43. The fourth-order valence-corrected chi connectivity index (χ4v) is 3.46. The Morgan fingerprint density at radius 3 is 2.33 bits per heavy atom. The third-order valence-electron chi connectivity index (χ3n) is 4.07. The van der Waals surface area contributed by atoms with E-state index in [1.54, 1.807) is 36.4 Å². The third-order valence-corrected chi connectivity index (χ3v) is 4.86. The Labute approximate surface area is 165 Å². The van der Waals surface area contributed by atoms with E-state index in [1.807, 2.05) is 0 Å². The van der Waals surface area contributed by atoms with E-state index in [2.05, 4.69) is 20.7 Å². The lowest BCUT2D eigenvalue weighted by Crippen LogP contribution is -2.45. The number of rotatable bonds is 6. The van der Waals surface area contributed by atoms with Crippen molar-refractivity contribution >= 4 is 33.8 Å². The monoisotopic (exact) mass is 440 g/mol. The van der Waals surface area contributed by atoms with E-state index >= 15 is 0 Å². The van der Waals surface area contributed by atoms with E-state index in [9.17, 15) is 14.4 Å². The second-order valence-corrected chi connectivity index (χ2v) is 6.97. The Morgan fingerprint density at radius 1 is 1.07 bits per heavy atom. The van der Waals surface area contributed by atoms with E-state index in [0.29, 0.717) is 11.1 Å². The van der Waals surface area contributed by atoms with Crippen molar-refractivity contribution < 1.29 is 33.3 Å². The first-order chi connectivity index (χ1) is 12.9. The van der Waals surface area contributed by atoms with Crippen molar-refractivity contribution in [3.05, 3.63) is 47.5 Å². The highest BCUT2D eigenvalue weighted by atomic mass is 79.9. The molecular weight excluding hydrogens is 420 g/mol. The highest BCUT2D eigenvalue weighted by molar-refractivity contribution is 9.09. The summed E-state index contributed by atoms with van der Waals surface area (Å²) in [4.78, 5) is 35.6. The van der Waals surface area contributed by atoms with E-state index in [0.717, 1.165) is 0 Å². The standard InChI is InChI=1S/C19H21BrO7/c1-11(17(21)24-2)26-15-10-13(18(22)25-3)9-14(20)16(15)27-19(23)12-7-5-4-6-8-12/h4-9,11,14-16H,10H2,1-3H3/t11-,14+,15-,16-/m1/s1. The molecule has 4 atom stereocenters. The van der Waals surface area contributed by atoms with Crippen molar-refractivity contribution in [3.63, 3.8) is 0 Å². The topological polar surface area (TPSA) is 88.1 Å². The van der Waals surface area contributed by atoms with Gasteiger partial charge in [-0.25, -0.2) is 14.4 Å². The van der Waals surface area contributed by atoms with Gasteiger partial charge in [0.05, 0.1) is 24.6 Å². The summed E-state index contributed by atoms with van der Waals surface area (Å²) in [5.74, 6) is -1.60. The Morgan fingerprint density at radius 2 is 1.74 bits per heavy atom. The number of carbonyl (C=O) groups excluding carboxylic acids is 3. The molecule has 1 aliphatic carbocycles. The summed E-state index contributed by atoms with van der Waals surface area (Å²) in [6, 6.07) is 8.52. The van der Waals surface area contributed by atoms with Crippen LogP contribution in [0.1, 0.15) is 23.7 Å². The van der Waals surface area contributed by atoms with Gasteiger partial charge < -0.3 is 18.9 Å². The van der Waals surface area contributed by atoms with Gasteiger partial charge in [-0.2, -0.15) is 0 Å². The maximum Gasteiger partial charge on any atom is 0.338 e. The first-order valence-electron chi connectivity index (χ1n) is 8.29. The number of halogens is 1. The molecule has 27 heavy (non-hydrogen) atoms. The van der Waals surface area contributed by atoms with Gasteiger partial charge in [-0.3, -0.25) is 0 Å². The second kappa shape index (κ2) is 9.66. The van der Waals surface area contributed by atoms with Crippen LogP contribution in [-0.4, -0.2) is 55.3 Å². The SMILES string of the molecule is COC(=O)C1=C[C@H](Br)[C@@H](OC(=O)c2ccccc2)[C@H](O[C@H](C)C(=O)OC)C1. The van der Waals surface area contributed by atoms with Gasteiger partial charge in [0.25, 0.3) is 0 Å². The van der Waals surface area contributed by atoms with E-state index in [1.165, 1.54) is 21.1 Å². The highest BCUT2D eigenvalue weighted by Gasteiger charge is 2.39. The first kappa shape index (κ1) is 21.1. The molecule has 0 radical (unpaired) electrons. The van der Waals surface area contributed by atoms with Crippen LogP contribution in [0.2, 0.25) is 0 Å². The smallest absolute Gasteiger partial charge is 0.338 e. The molecule has 0 aliphatic heterocycles. The molecule has 0 heterocycles. The van der Waals surface area contributed by atoms with Crippen LogP contribution in [0.4, 0.5) is 0 Å². The molecule has 7 nitrogen and oxygen atoms in total. The van der Waals surface area contributed by atoms with Crippen LogP contribution >= 0.6 is 15.9 Å². The van der Waals surface area contributed by atoms with Crippen molar-refractivity contribution in [2.75, 3.05) is 14.2 Å². The van der Waals surface area contributed by atoms with Gasteiger partial charge >= 0.3 is 17.9 Å². The van der Waals surface area contributed by atoms with Crippen LogP contribution in [0.3, 0.4) is 0 Å². The van der Waals surface area contributed by atoms with Crippen molar-refractivity contribution in [3.8, 4) is 0 Å². The average molecular weight is 441 g/mol. The number of hydrogen-bond donors (Lipinski definition) is 0. The third kappa shape index (κ3) is 5.40. The zero-order valence-corrected chi connectivity index (χ0v) is 16.8. The van der Waals surface area contributed by atoms with Crippen molar-refractivity contribution in [2.45, 2.75) is 36.5 Å². The Bertz CT molecular complexity index is 716. The Kier molecular flexibility index (Phi) is 7.55. The lowest BCUT2D eigenvalue weighted by atomic mass is 9.93. The predicted molar refractivity (Wildman–Crippen MR) is 99.4 cm³/mol. The molecule has 0 saturated heterocycles. The second-order valence-electron chi connectivity index (χ2n) is 5.91. The van der Waals surface area contributed by atoms with Crippen LogP contribution < -0.4 is 0 Å². The molecule has 0 N–H and O–H groups in total. The van der Waals surface area contributed by atoms with Gasteiger partial charge in [-0.15, -0.1) is 0 Å². The fraction of sp³-hybridized carbons (Fsp3) is 0.421. The summed E-state index contributed by atoms with van der Waals surface area (Å²) < 4.78 is 20.8. The fourth-order valence-electron chi connectivity index (χ4n) is 2.69. The Balaban J connectivity index is 2.23. The molecule has 0 fully saturated rings. The van der Waals surface area contributed by atoms with E-state index in [-0.39, 0.29) is 6.42 Å². The number of alkyl halides is 1. The average Bonchev–Trinajstić information content (AvgIpc) is 2.69. The van der Waals surface area contributed by atoms with Gasteiger partial charge in [0.2, 0.25) is 0 Å². The number of ether oxygens (including phenoxy) is 4. The summed E-state index contributed by atoms with van der Waals surface area (Å²) in [5, 5.41) is 0. The van der Waals surface area contributed by atoms with E-state index < -0.39 is 41.0 Å². The molecule has 0 aromatic heterocycles. The normalized spacial score (nSPS) is 23.0. The molecule has 1 aromatic rings. The molecule has 0 bridgehead atoms. The summed E-state index contributed by atoms with van der Waals surface area (Å²) >= 11 is 3.42. The number of hydrogen-bond acceptors (Lipinski definition) is 7. The number of benzene rings is 1. The minimum absolute atomic E-state index is 0.128. The molecule has 0 saturated carbocycles. The molecule has 0 spiro atoms. The van der Waals surface area contributed by atoms with Crippen LogP contribution in [0, 0.1) is 0 Å². The molecular formula is C19H21BrO7. The van der Waals surface area contributed by atoms with Crippen molar-refractivity contribution in [2.24, 2.45) is 0 Å². The first-order valence-corrected chi connectivity index (χ1v) is 9.21. The van der Waals surface area contributed by atoms with Crippen LogP contribution in [-0.2, 0) is 28.5 Å². The van der Waals surface area contributed by atoms with Gasteiger partial charge in [0, 0.05) is 12.0 Å². The lowest BCUT2D eigenvalue weighted by Gasteiger charge is -2.34. The maximum atomic E-state index is 12.4. The highest BCUT2D eigenvalue weighted by Crippen LogP contribution is 2.31. The summed E-state index contributed by atoms with van der Waals surface area (Å²) in [6.45, 7) is 1.53. The lowest BCUT2D eigenvalue weighted by molar-refractivity contribution is -0.161. The largest absolute Gasteiger partial charge is 0.467 e. The zero-order chi connectivity index (χ0) is 20.0. The summed E-state index contributed by atoms with van der Waals surface area (Å²) in [5.41, 5.74) is 0.758. The van der Waals surface area contributed by atoms with Crippen LogP contribution in [0.15, 0.2) is 42.0 Å². The van der Waals surface area contributed by atoms with Gasteiger partial charge in [0.15, 0.2) is 6.10 Å². The maximum absolute atomic E-state index is 12.4. The number of esters is 3. The molecule has 146 valence electrons. The van der Waals surface area contributed by atoms with E-state index in [4.69, 9.17) is 14.2 Å². The van der Waals surface area contributed by atoms with Gasteiger partial charge in [-0.05, 0) is 19.1 Å². The molecule has 0 amide bonds. The molecule has 1 aromatic carbocycles. The minimum Gasteiger partial charge on any atom is -0.467 e. The molecule has 8 heteroatoms. The Hall–Kier alpha value is -2.19. The molecule has 0 unspecified atom stereocenters. The number of carbonyl (C=O) groups is 3. The molecule has 2 rings (SSSR count). The number of methoxy groups -OCH3 is 2. The molecule has 1 aliphatic rings. The minimum atomic E-state index is -0.894. The zero-order valence-electron chi connectivity index (χ0n) is 15.2.